The number of hydrogen-bond acceptors (Lipinski definition) is 1. The van der Waals surface area contributed by atoms with Crippen molar-refractivity contribution in [2.24, 2.45) is 0 Å². The zero-order chi connectivity index (χ0) is 34.0. The van der Waals surface area contributed by atoms with Crippen LogP contribution in [0.15, 0.2) is 192 Å². The first-order chi connectivity index (χ1) is 25.8. The van der Waals surface area contributed by atoms with E-state index >= 15 is 0 Å². The Labute approximate surface area is 307 Å². The van der Waals surface area contributed by atoms with E-state index in [1.807, 2.05) is 11.8 Å². The lowest BCUT2D eigenvalue weighted by Gasteiger charge is -2.31. The molecule has 0 N–H and O–H groups in total. The Bertz CT molecular complexity index is 2990. The summed E-state index contributed by atoms with van der Waals surface area (Å²) in [5.41, 5.74) is 18.1. The molecule has 0 fully saturated rings. The fourth-order valence-electron chi connectivity index (χ4n) is 9.68. The second-order valence-corrected chi connectivity index (χ2v) is 15.4. The van der Waals surface area contributed by atoms with Gasteiger partial charge in [0.15, 0.2) is 0 Å². The van der Waals surface area contributed by atoms with Crippen molar-refractivity contribution in [1.29, 1.82) is 0 Å². The normalized spacial score (nSPS) is 15.7. The van der Waals surface area contributed by atoms with E-state index in [1.165, 1.54) is 109 Å². The molecule has 1 heteroatoms. The molecule has 2 aliphatic carbocycles. The standard InChI is InChI=1S/C51H30S/c1-2-11-34-29-47-43(28-33(34)10-1)38-13-4-7-18-45(38)51(47)44-17-6-3-12-37(44)39-25-24-35(30-46(39)51)31-20-22-32(23-21-31)36-26-27-49-50-41(36)15-9-16-42(50)40-14-5-8-19-48(40)52-49/h1-30H. The first-order valence-electron chi connectivity index (χ1n) is 18.1. The molecule has 0 saturated heterocycles. The van der Waals surface area contributed by atoms with Gasteiger partial charge in [0.25, 0.3) is 0 Å². The average Bonchev–Trinajstić information content (AvgIpc) is 3.67. The summed E-state index contributed by atoms with van der Waals surface area (Å²) in [5.74, 6) is 0. The van der Waals surface area contributed by atoms with Crippen molar-refractivity contribution in [2.75, 3.05) is 0 Å². The Morgan fingerprint density at radius 2 is 0.885 bits per heavy atom. The van der Waals surface area contributed by atoms with Gasteiger partial charge in [0.1, 0.15) is 0 Å². The van der Waals surface area contributed by atoms with Gasteiger partial charge >= 0.3 is 0 Å². The van der Waals surface area contributed by atoms with Crippen LogP contribution in [0.3, 0.4) is 0 Å². The lowest BCUT2D eigenvalue weighted by Crippen LogP contribution is -2.25. The Morgan fingerprint density at radius 3 is 1.69 bits per heavy atom. The summed E-state index contributed by atoms with van der Waals surface area (Å²) in [6, 6.07) is 68.5. The SMILES string of the molecule is c1ccc2c(c1)Sc1ccc(-c3ccc(-c4ccc5c(c4)C4(c6ccccc6-5)c5ccccc5-c5cc6ccccc6cc54)cc3)c3cccc-2c13. The van der Waals surface area contributed by atoms with Crippen LogP contribution in [0.4, 0.5) is 0 Å². The third-order valence-electron chi connectivity index (χ3n) is 11.9. The van der Waals surface area contributed by atoms with Crippen molar-refractivity contribution < 1.29 is 0 Å². The van der Waals surface area contributed by atoms with Crippen LogP contribution in [-0.2, 0) is 5.41 Å². The van der Waals surface area contributed by atoms with E-state index in [9.17, 15) is 0 Å². The van der Waals surface area contributed by atoms with Gasteiger partial charge in [-0.15, -0.1) is 0 Å². The molecule has 9 aromatic rings. The minimum atomic E-state index is -0.377. The highest BCUT2D eigenvalue weighted by molar-refractivity contribution is 7.99. The lowest BCUT2D eigenvalue weighted by atomic mass is 9.70. The minimum absolute atomic E-state index is 0.377. The Hall–Kier alpha value is -6.15. The van der Waals surface area contributed by atoms with Crippen molar-refractivity contribution in [1.82, 2.24) is 0 Å². The third-order valence-corrected chi connectivity index (χ3v) is 13.0. The third kappa shape index (κ3) is 3.68. The zero-order valence-electron chi connectivity index (χ0n) is 28.2. The monoisotopic (exact) mass is 674 g/mol. The quantitative estimate of drug-likeness (QED) is 0.176. The molecule has 9 aromatic carbocycles. The van der Waals surface area contributed by atoms with E-state index in [2.05, 4.69) is 182 Å². The molecule has 240 valence electrons. The maximum absolute atomic E-state index is 2.49. The number of rotatable bonds is 2. The van der Waals surface area contributed by atoms with Gasteiger partial charge in [-0.1, -0.05) is 163 Å². The second-order valence-electron chi connectivity index (χ2n) is 14.4. The van der Waals surface area contributed by atoms with Crippen LogP contribution >= 0.6 is 11.8 Å². The second kappa shape index (κ2) is 10.4. The molecular formula is C51H30S. The first-order valence-corrected chi connectivity index (χ1v) is 18.9. The predicted octanol–water partition coefficient (Wildman–Crippen LogP) is 13.8. The maximum atomic E-state index is 2.49. The molecule has 0 aromatic heterocycles. The number of benzene rings is 9. The Morgan fingerprint density at radius 1 is 0.308 bits per heavy atom. The van der Waals surface area contributed by atoms with E-state index in [-0.39, 0.29) is 5.41 Å². The number of hydrogen-bond donors (Lipinski definition) is 0. The number of fused-ring (bicyclic) bond motifs is 13. The molecule has 1 heterocycles. The molecule has 1 unspecified atom stereocenters. The van der Waals surface area contributed by atoms with Gasteiger partial charge in [-0.25, -0.2) is 0 Å². The van der Waals surface area contributed by atoms with Crippen molar-refractivity contribution in [3.63, 3.8) is 0 Å². The highest BCUT2D eigenvalue weighted by Gasteiger charge is 2.51. The van der Waals surface area contributed by atoms with Gasteiger partial charge in [-0.2, -0.15) is 0 Å². The summed E-state index contributed by atoms with van der Waals surface area (Å²) < 4.78 is 0. The fourth-order valence-corrected chi connectivity index (χ4v) is 10.8. The summed E-state index contributed by atoms with van der Waals surface area (Å²) in [7, 11) is 0. The van der Waals surface area contributed by atoms with Gasteiger partial charge in [0.05, 0.1) is 5.41 Å². The van der Waals surface area contributed by atoms with E-state index in [1.54, 1.807) is 0 Å². The summed E-state index contributed by atoms with van der Waals surface area (Å²) in [5, 5.41) is 5.25. The highest BCUT2D eigenvalue weighted by atomic mass is 32.2. The van der Waals surface area contributed by atoms with Crippen molar-refractivity contribution in [3.8, 4) is 55.6 Å². The van der Waals surface area contributed by atoms with E-state index < -0.39 is 0 Å². The zero-order valence-corrected chi connectivity index (χ0v) is 29.0. The molecule has 0 amide bonds. The molecule has 12 rings (SSSR count). The van der Waals surface area contributed by atoms with E-state index in [0.29, 0.717) is 0 Å². The smallest absolute Gasteiger partial charge is 0.0725 e. The molecule has 0 radical (unpaired) electrons. The summed E-state index contributed by atoms with van der Waals surface area (Å²) in [6.45, 7) is 0. The molecule has 52 heavy (non-hydrogen) atoms. The Kier molecular flexibility index (Phi) is 5.73. The first kappa shape index (κ1) is 28.5. The molecule has 1 atom stereocenters. The lowest BCUT2D eigenvalue weighted by molar-refractivity contribution is 0.795. The van der Waals surface area contributed by atoms with Gasteiger partial charge in [-0.3, -0.25) is 0 Å². The molecule has 1 spiro atoms. The van der Waals surface area contributed by atoms with E-state index in [4.69, 9.17) is 0 Å². The molecule has 3 aliphatic rings. The van der Waals surface area contributed by atoms with Crippen molar-refractivity contribution in [2.45, 2.75) is 15.2 Å². The van der Waals surface area contributed by atoms with Gasteiger partial charge in [0, 0.05) is 15.2 Å². The minimum Gasteiger partial charge on any atom is -0.0888 e. The van der Waals surface area contributed by atoms with Gasteiger partial charge in [-0.05, 0) is 124 Å². The highest BCUT2D eigenvalue weighted by Crippen LogP contribution is 2.63. The summed E-state index contributed by atoms with van der Waals surface area (Å²) in [6.07, 6.45) is 0. The van der Waals surface area contributed by atoms with Crippen LogP contribution < -0.4 is 0 Å². The van der Waals surface area contributed by atoms with Crippen LogP contribution in [0.1, 0.15) is 22.3 Å². The molecule has 0 saturated carbocycles. The maximum Gasteiger partial charge on any atom is 0.0725 e. The molecule has 0 bridgehead atoms. The fraction of sp³-hybridized carbons (Fsp3) is 0.0196. The molecular weight excluding hydrogens is 645 g/mol. The summed E-state index contributed by atoms with van der Waals surface area (Å²) >= 11 is 1.88. The van der Waals surface area contributed by atoms with Gasteiger partial charge < -0.3 is 0 Å². The van der Waals surface area contributed by atoms with Crippen LogP contribution in [0.5, 0.6) is 0 Å². The average molecular weight is 675 g/mol. The van der Waals surface area contributed by atoms with Crippen molar-refractivity contribution in [3.05, 3.63) is 204 Å². The molecule has 0 nitrogen and oxygen atoms in total. The summed E-state index contributed by atoms with van der Waals surface area (Å²) in [4.78, 5) is 2.66. The van der Waals surface area contributed by atoms with Crippen LogP contribution in [0.2, 0.25) is 0 Å². The van der Waals surface area contributed by atoms with E-state index in [0.717, 1.165) is 0 Å². The van der Waals surface area contributed by atoms with Crippen LogP contribution in [0.25, 0.3) is 77.2 Å². The van der Waals surface area contributed by atoms with Crippen LogP contribution in [-0.4, -0.2) is 0 Å². The van der Waals surface area contributed by atoms with Crippen molar-refractivity contribution >= 4 is 33.3 Å². The van der Waals surface area contributed by atoms with Crippen LogP contribution in [0, 0.1) is 0 Å². The molecule has 1 aliphatic heterocycles. The predicted molar refractivity (Wildman–Crippen MR) is 218 cm³/mol. The Balaban J connectivity index is 1.02. The largest absolute Gasteiger partial charge is 0.0888 e. The van der Waals surface area contributed by atoms with Gasteiger partial charge in [0.2, 0.25) is 0 Å². The topological polar surface area (TPSA) is 0 Å².